The van der Waals surface area contributed by atoms with E-state index in [2.05, 4.69) is 27.6 Å². The Balaban J connectivity index is 1.49. The van der Waals surface area contributed by atoms with Crippen LogP contribution in [0.4, 0.5) is 5.69 Å². The maximum Gasteiger partial charge on any atom is 0.247 e. The molecule has 1 aromatic heterocycles. The summed E-state index contributed by atoms with van der Waals surface area (Å²) in [5, 5.41) is 10.4. The summed E-state index contributed by atoms with van der Waals surface area (Å²) < 4.78 is 5.18. The summed E-state index contributed by atoms with van der Waals surface area (Å²) in [6, 6.07) is 15.5. The third kappa shape index (κ3) is 2.85. The Morgan fingerprint density at radius 2 is 2.13 bits per heavy atom. The number of nitrogens with one attached hydrogen (secondary N) is 1. The van der Waals surface area contributed by atoms with E-state index in [1.807, 2.05) is 36.4 Å². The van der Waals surface area contributed by atoms with E-state index in [9.17, 15) is 4.79 Å². The monoisotopic (exact) mass is 323 g/mol. The van der Waals surface area contributed by atoms with Crippen molar-refractivity contribution in [3.8, 4) is 11.5 Å². The first-order valence-electron chi connectivity index (χ1n) is 7.21. The molecule has 23 heavy (non-hydrogen) atoms. The molecule has 6 heteroatoms. The van der Waals surface area contributed by atoms with Gasteiger partial charge in [0.1, 0.15) is 0 Å². The number of aromatic nitrogens is 2. The van der Waals surface area contributed by atoms with Crippen molar-refractivity contribution in [1.82, 2.24) is 10.2 Å². The average molecular weight is 323 g/mol. The van der Waals surface area contributed by atoms with Gasteiger partial charge in [-0.3, -0.25) is 4.79 Å². The lowest BCUT2D eigenvalue weighted by Crippen LogP contribution is -2.24. The van der Waals surface area contributed by atoms with Gasteiger partial charge in [0, 0.05) is 16.1 Å². The average Bonchev–Trinajstić information content (AvgIpc) is 3.24. The van der Waals surface area contributed by atoms with Crippen molar-refractivity contribution < 1.29 is 9.21 Å². The minimum absolute atomic E-state index is 0.00822. The van der Waals surface area contributed by atoms with E-state index in [0.29, 0.717) is 5.89 Å². The molecule has 2 heterocycles. The molecule has 4 rings (SSSR count). The van der Waals surface area contributed by atoms with Gasteiger partial charge in [0.25, 0.3) is 0 Å². The van der Waals surface area contributed by atoms with Gasteiger partial charge in [-0.2, -0.15) is 0 Å². The maximum absolute atomic E-state index is 12.5. The summed E-state index contributed by atoms with van der Waals surface area (Å²) in [5.41, 5.74) is 2.74. The van der Waals surface area contributed by atoms with E-state index < -0.39 is 0 Å². The quantitative estimate of drug-likeness (QED) is 0.800. The Hall–Kier alpha value is -2.60. The van der Waals surface area contributed by atoms with Crippen molar-refractivity contribution >= 4 is 23.4 Å². The molecule has 2 aromatic carbocycles. The van der Waals surface area contributed by atoms with E-state index in [0.717, 1.165) is 17.7 Å². The third-order valence-electron chi connectivity index (χ3n) is 3.68. The second kappa shape index (κ2) is 5.89. The molecule has 0 saturated heterocycles. The first-order valence-corrected chi connectivity index (χ1v) is 8.09. The predicted octanol–water partition coefficient (Wildman–Crippen LogP) is 3.39. The molecule has 1 aliphatic rings. The lowest BCUT2D eigenvalue weighted by Gasteiger charge is -2.10. The number of fused-ring (bicyclic) bond motifs is 1. The van der Waals surface area contributed by atoms with Crippen molar-refractivity contribution in [1.29, 1.82) is 0 Å². The molecule has 3 aromatic rings. The highest BCUT2D eigenvalue weighted by Gasteiger charge is 2.28. The highest BCUT2D eigenvalue weighted by atomic mass is 32.2. The smallest absolute Gasteiger partial charge is 0.247 e. The molecule has 114 valence electrons. The molecule has 1 atom stereocenters. The van der Waals surface area contributed by atoms with Crippen LogP contribution in [0.2, 0.25) is 0 Å². The Morgan fingerprint density at radius 3 is 2.96 bits per heavy atom. The van der Waals surface area contributed by atoms with Crippen LogP contribution in [-0.2, 0) is 11.2 Å². The molecular formula is C17H13N3O2S. The maximum atomic E-state index is 12.5. The first-order chi connectivity index (χ1) is 11.3. The molecule has 0 spiro atoms. The normalized spacial score (nSPS) is 16.1. The second-order valence-electron chi connectivity index (χ2n) is 5.23. The van der Waals surface area contributed by atoms with Crippen LogP contribution in [0.1, 0.15) is 5.56 Å². The summed E-state index contributed by atoms with van der Waals surface area (Å²) in [4.78, 5) is 13.7. The van der Waals surface area contributed by atoms with Gasteiger partial charge in [0.2, 0.25) is 18.2 Å². The summed E-state index contributed by atoms with van der Waals surface area (Å²) in [6.07, 6.45) is 2.04. The number of rotatable bonds is 3. The summed E-state index contributed by atoms with van der Waals surface area (Å²) in [5.74, 6) is 0.442. The first kappa shape index (κ1) is 14.0. The molecule has 0 fully saturated rings. The number of thioether (sulfide) groups is 1. The van der Waals surface area contributed by atoms with Gasteiger partial charge in [-0.1, -0.05) is 24.3 Å². The van der Waals surface area contributed by atoms with E-state index >= 15 is 0 Å². The summed E-state index contributed by atoms with van der Waals surface area (Å²) >= 11 is 1.61. The van der Waals surface area contributed by atoms with E-state index in [1.165, 1.54) is 16.9 Å². The second-order valence-corrected chi connectivity index (χ2v) is 6.48. The highest BCUT2D eigenvalue weighted by Crippen LogP contribution is 2.37. The van der Waals surface area contributed by atoms with Crippen molar-refractivity contribution in [3.05, 3.63) is 60.5 Å². The number of hydrogen-bond donors (Lipinski definition) is 1. The van der Waals surface area contributed by atoms with Crippen molar-refractivity contribution in [3.63, 3.8) is 0 Å². The van der Waals surface area contributed by atoms with Crippen LogP contribution in [0.5, 0.6) is 0 Å². The number of nitrogens with zero attached hydrogens (tertiary/aromatic N) is 2. The van der Waals surface area contributed by atoms with Gasteiger partial charge in [-0.25, -0.2) is 0 Å². The van der Waals surface area contributed by atoms with Crippen molar-refractivity contribution in [2.24, 2.45) is 0 Å². The van der Waals surface area contributed by atoms with Crippen LogP contribution in [0.15, 0.2) is 64.2 Å². The number of anilines is 1. The molecular weight excluding hydrogens is 310 g/mol. The summed E-state index contributed by atoms with van der Waals surface area (Å²) in [7, 11) is 0. The van der Waals surface area contributed by atoms with Crippen LogP contribution in [0.3, 0.4) is 0 Å². The third-order valence-corrected chi connectivity index (χ3v) is 4.99. The molecule has 0 unspecified atom stereocenters. The van der Waals surface area contributed by atoms with Gasteiger partial charge in [0.05, 0.1) is 5.25 Å². The summed E-state index contributed by atoms with van der Waals surface area (Å²) in [6.45, 7) is 0. The predicted molar refractivity (Wildman–Crippen MR) is 88.2 cm³/mol. The Kier molecular flexibility index (Phi) is 3.59. The standard InChI is InChI=1S/C17H13N3O2S/c21-16(15-9-11-4-1-2-7-14(11)23-15)19-13-6-3-5-12(8-13)17-20-18-10-22-17/h1-8,10,15H,9H2,(H,19,21)/t15-/m0/s1. The Morgan fingerprint density at radius 1 is 1.22 bits per heavy atom. The zero-order valence-corrected chi connectivity index (χ0v) is 12.9. The molecule has 5 nitrogen and oxygen atoms in total. The topological polar surface area (TPSA) is 68.0 Å². The van der Waals surface area contributed by atoms with Gasteiger partial charge < -0.3 is 9.73 Å². The zero-order valence-electron chi connectivity index (χ0n) is 12.1. The van der Waals surface area contributed by atoms with Gasteiger partial charge >= 0.3 is 0 Å². The van der Waals surface area contributed by atoms with E-state index in [4.69, 9.17) is 4.42 Å². The number of carbonyl (C=O) groups is 1. The Bertz CT molecular complexity index is 824. The van der Waals surface area contributed by atoms with Gasteiger partial charge in [0.15, 0.2) is 0 Å². The number of amides is 1. The van der Waals surface area contributed by atoms with E-state index in [-0.39, 0.29) is 11.2 Å². The van der Waals surface area contributed by atoms with E-state index in [1.54, 1.807) is 11.8 Å². The minimum Gasteiger partial charge on any atom is -0.423 e. The fourth-order valence-corrected chi connectivity index (χ4v) is 3.78. The van der Waals surface area contributed by atoms with Crippen molar-refractivity contribution in [2.75, 3.05) is 5.32 Å². The number of carbonyl (C=O) groups excluding carboxylic acids is 1. The van der Waals surface area contributed by atoms with Crippen LogP contribution < -0.4 is 5.32 Å². The molecule has 0 saturated carbocycles. The lowest BCUT2D eigenvalue weighted by atomic mass is 10.1. The zero-order chi connectivity index (χ0) is 15.6. The van der Waals surface area contributed by atoms with Crippen LogP contribution in [-0.4, -0.2) is 21.4 Å². The molecule has 1 amide bonds. The molecule has 0 bridgehead atoms. The Labute approximate surface area is 137 Å². The minimum atomic E-state index is -0.0977. The molecule has 1 N–H and O–H groups in total. The largest absolute Gasteiger partial charge is 0.423 e. The fraction of sp³-hybridized carbons (Fsp3) is 0.118. The number of benzene rings is 2. The molecule has 0 radical (unpaired) electrons. The highest BCUT2D eigenvalue weighted by molar-refractivity contribution is 8.01. The SMILES string of the molecule is O=C(Nc1cccc(-c2nnco2)c1)[C@@H]1Cc2ccccc2S1. The molecule has 0 aliphatic carbocycles. The van der Waals surface area contributed by atoms with Crippen LogP contribution in [0.25, 0.3) is 11.5 Å². The fourth-order valence-electron chi connectivity index (χ4n) is 2.58. The molecule has 1 aliphatic heterocycles. The van der Waals surface area contributed by atoms with Gasteiger partial charge in [-0.15, -0.1) is 22.0 Å². The lowest BCUT2D eigenvalue weighted by molar-refractivity contribution is -0.115. The van der Waals surface area contributed by atoms with Crippen LogP contribution >= 0.6 is 11.8 Å². The van der Waals surface area contributed by atoms with Gasteiger partial charge in [-0.05, 0) is 36.2 Å². The van der Waals surface area contributed by atoms with Crippen LogP contribution in [0, 0.1) is 0 Å². The number of hydrogen-bond acceptors (Lipinski definition) is 5. The van der Waals surface area contributed by atoms with Crippen molar-refractivity contribution in [2.45, 2.75) is 16.6 Å².